The number of rotatable bonds is 6. The maximum atomic E-state index is 12.7. The monoisotopic (exact) mass is 426 g/mol. The number of fused-ring (bicyclic) bond motifs is 1. The van der Waals surface area contributed by atoms with E-state index in [9.17, 15) is 13.2 Å². The summed E-state index contributed by atoms with van der Waals surface area (Å²) in [5.74, 6) is 3.03. The van der Waals surface area contributed by atoms with Crippen molar-refractivity contribution in [3.63, 3.8) is 0 Å². The van der Waals surface area contributed by atoms with Crippen molar-refractivity contribution in [2.24, 2.45) is 0 Å². The molecule has 3 nitrogen and oxygen atoms in total. The maximum absolute atomic E-state index is 12.7. The Morgan fingerprint density at radius 1 is 0.935 bits per heavy atom. The van der Waals surface area contributed by atoms with Crippen molar-refractivity contribution in [2.45, 2.75) is 26.1 Å². The molecule has 1 aliphatic heterocycles. The fourth-order valence-electron chi connectivity index (χ4n) is 3.31. The van der Waals surface area contributed by atoms with Crippen LogP contribution in [0.4, 0.5) is 13.2 Å². The Labute approximate surface area is 178 Å². The van der Waals surface area contributed by atoms with Gasteiger partial charge in [-0.3, -0.25) is 0 Å². The smallest absolute Gasteiger partial charge is 0.416 e. The van der Waals surface area contributed by atoms with E-state index >= 15 is 0 Å². The van der Waals surface area contributed by atoms with Crippen LogP contribution in [-0.2, 0) is 19.2 Å². The molecular formula is C25H21F3O3. The van der Waals surface area contributed by atoms with Crippen molar-refractivity contribution in [3.8, 4) is 17.2 Å². The summed E-state index contributed by atoms with van der Waals surface area (Å²) >= 11 is 0. The van der Waals surface area contributed by atoms with Crippen LogP contribution in [0.5, 0.6) is 17.2 Å². The lowest BCUT2D eigenvalue weighted by Crippen LogP contribution is -2.05. The van der Waals surface area contributed by atoms with Crippen molar-refractivity contribution in [1.82, 2.24) is 0 Å². The second kappa shape index (κ2) is 8.76. The van der Waals surface area contributed by atoms with E-state index < -0.39 is 11.7 Å². The first kappa shape index (κ1) is 20.8. The molecule has 0 atom stereocenters. The molecule has 0 amide bonds. The zero-order valence-corrected chi connectivity index (χ0v) is 16.9. The van der Waals surface area contributed by atoms with Crippen LogP contribution in [0.3, 0.4) is 0 Å². The van der Waals surface area contributed by atoms with Gasteiger partial charge >= 0.3 is 6.18 Å². The number of ether oxygens (including phenoxy) is 3. The highest BCUT2D eigenvalue weighted by Gasteiger charge is 2.29. The van der Waals surface area contributed by atoms with Crippen molar-refractivity contribution in [3.05, 3.63) is 94.7 Å². The molecule has 0 N–H and O–H groups in total. The molecule has 0 fully saturated rings. The number of alkyl halides is 3. The van der Waals surface area contributed by atoms with Crippen LogP contribution in [-0.4, -0.2) is 6.61 Å². The zero-order valence-electron chi connectivity index (χ0n) is 16.9. The van der Waals surface area contributed by atoms with E-state index in [1.54, 1.807) is 0 Å². The molecule has 0 aliphatic carbocycles. The molecule has 0 bridgehead atoms. The quantitative estimate of drug-likeness (QED) is 0.441. The van der Waals surface area contributed by atoms with Gasteiger partial charge < -0.3 is 14.2 Å². The molecule has 0 radical (unpaired) electrons. The van der Waals surface area contributed by atoms with Gasteiger partial charge in [-0.15, -0.1) is 0 Å². The average Bonchev–Trinajstić information content (AvgIpc) is 3.14. The van der Waals surface area contributed by atoms with E-state index in [-0.39, 0.29) is 6.61 Å². The Morgan fingerprint density at radius 2 is 1.71 bits per heavy atom. The Kier molecular flexibility index (Phi) is 5.89. The largest absolute Gasteiger partial charge is 0.494 e. The van der Waals surface area contributed by atoms with Crippen LogP contribution < -0.4 is 14.2 Å². The van der Waals surface area contributed by atoms with E-state index in [4.69, 9.17) is 14.2 Å². The highest BCUT2D eigenvalue weighted by molar-refractivity contribution is 5.58. The van der Waals surface area contributed by atoms with Crippen molar-refractivity contribution >= 4 is 6.08 Å². The highest BCUT2D eigenvalue weighted by Crippen LogP contribution is 2.35. The van der Waals surface area contributed by atoms with Crippen LogP contribution >= 0.6 is 0 Å². The molecule has 160 valence electrons. The summed E-state index contributed by atoms with van der Waals surface area (Å²) < 4.78 is 55.2. The van der Waals surface area contributed by atoms with Gasteiger partial charge in [0.2, 0.25) is 0 Å². The van der Waals surface area contributed by atoms with Crippen LogP contribution in [0, 0.1) is 0 Å². The van der Waals surface area contributed by atoms with Gasteiger partial charge in [0.25, 0.3) is 0 Å². The fraction of sp³-hybridized carbons (Fsp3) is 0.200. The third kappa shape index (κ3) is 5.20. The molecule has 3 aromatic rings. The van der Waals surface area contributed by atoms with Gasteiger partial charge in [0.15, 0.2) is 0 Å². The minimum atomic E-state index is -4.34. The zero-order chi connectivity index (χ0) is 21.8. The number of benzene rings is 3. The van der Waals surface area contributed by atoms with Gasteiger partial charge in [-0.05, 0) is 54.5 Å². The first-order chi connectivity index (χ1) is 14.9. The molecule has 4 rings (SSSR count). The molecular weight excluding hydrogens is 405 g/mol. The van der Waals surface area contributed by atoms with Gasteiger partial charge in [-0.2, -0.15) is 13.2 Å². The van der Waals surface area contributed by atoms with Crippen LogP contribution in [0.15, 0.2) is 72.5 Å². The lowest BCUT2D eigenvalue weighted by atomic mass is 10.1. The van der Waals surface area contributed by atoms with Gasteiger partial charge in [0, 0.05) is 18.1 Å². The molecule has 0 spiro atoms. The molecule has 1 heterocycles. The Balaban J connectivity index is 1.40. The molecule has 1 aliphatic rings. The average molecular weight is 426 g/mol. The Hall–Kier alpha value is -3.41. The molecule has 0 saturated heterocycles. The topological polar surface area (TPSA) is 27.7 Å². The van der Waals surface area contributed by atoms with Gasteiger partial charge in [-0.25, -0.2) is 0 Å². The standard InChI is InChI=1S/C25H21F3O3/c1-2-29-22-11-8-19-14-23(31-24(19)15-22)13-18-4-3-5-21(12-18)30-16-17-6-9-20(10-7-17)25(26,27)28/h3-13,15H,2,14,16H2,1H3. The van der Waals surface area contributed by atoms with Gasteiger partial charge in [0.05, 0.1) is 12.2 Å². The lowest BCUT2D eigenvalue weighted by Gasteiger charge is -2.09. The molecule has 3 aromatic carbocycles. The Morgan fingerprint density at radius 3 is 2.45 bits per heavy atom. The number of hydrogen-bond acceptors (Lipinski definition) is 3. The number of halogens is 3. The fourth-order valence-corrected chi connectivity index (χ4v) is 3.31. The molecule has 0 aromatic heterocycles. The third-order valence-electron chi connectivity index (χ3n) is 4.83. The highest BCUT2D eigenvalue weighted by atomic mass is 19.4. The predicted octanol–water partition coefficient (Wildman–Crippen LogP) is 6.66. The van der Waals surface area contributed by atoms with Crippen molar-refractivity contribution in [1.29, 1.82) is 0 Å². The summed E-state index contributed by atoms with van der Waals surface area (Å²) in [4.78, 5) is 0. The first-order valence-corrected chi connectivity index (χ1v) is 9.94. The summed E-state index contributed by atoms with van der Waals surface area (Å²) in [7, 11) is 0. The predicted molar refractivity (Wildman–Crippen MR) is 112 cm³/mol. The molecule has 0 unspecified atom stereocenters. The lowest BCUT2D eigenvalue weighted by molar-refractivity contribution is -0.137. The first-order valence-electron chi connectivity index (χ1n) is 9.94. The van der Waals surface area contributed by atoms with E-state index in [1.807, 2.05) is 55.5 Å². The normalized spacial score (nSPS) is 14.3. The van der Waals surface area contributed by atoms with Crippen LogP contribution in [0.2, 0.25) is 0 Å². The van der Waals surface area contributed by atoms with Gasteiger partial charge in [0.1, 0.15) is 29.6 Å². The maximum Gasteiger partial charge on any atom is 0.416 e. The summed E-state index contributed by atoms with van der Waals surface area (Å²) in [6, 6.07) is 18.3. The second-order valence-corrected chi connectivity index (χ2v) is 7.15. The van der Waals surface area contributed by atoms with E-state index in [0.29, 0.717) is 24.3 Å². The Bertz CT molecular complexity index is 1090. The van der Waals surface area contributed by atoms with Crippen LogP contribution in [0.25, 0.3) is 6.08 Å². The van der Waals surface area contributed by atoms with E-state index in [1.165, 1.54) is 12.1 Å². The van der Waals surface area contributed by atoms with Gasteiger partial charge in [-0.1, -0.05) is 30.3 Å². The minimum Gasteiger partial charge on any atom is -0.494 e. The SMILES string of the molecule is CCOc1ccc2c(c1)OC(=Cc1cccc(OCc3ccc(C(F)(F)F)cc3)c1)C2. The number of allylic oxidation sites excluding steroid dienone is 1. The third-order valence-corrected chi connectivity index (χ3v) is 4.83. The molecule has 0 saturated carbocycles. The molecule has 6 heteroatoms. The molecule has 31 heavy (non-hydrogen) atoms. The summed E-state index contributed by atoms with van der Waals surface area (Å²) in [5, 5.41) is 0. The minimum absolute atomic E-state index is 0.181. The van der Waals surface area contributed by atoms with E-state index in [2.05, 4.69) is 0 Å². The van der Waals surface area contributed by atoms with Crippen molar-refractivity contribution < 1.29 is 27.4 Å². The van der Waals surface area contributed by atoms with Crippen molar-refractivity contribution in [2.75, 3.05) is 6.61 Å². The summed E-state index contributed by atoms with van der Waals surface area (Å²) in [6.45, 7) is 2.72. The number of hydrogen-bond donors (Lipinski definition) is 0. The van der Waals surface area contributed by atoms with Crippen LogP contribution in [0.1, 0.15) is 29.2 Å². The summed E-state index contributed by atoms with van der Waals surface area (Å²) in [6.07, 6.45) is -1.70. The van der Waals surface area contributed by atoms with E-state index in [0.717, 1.165) is 40.5 Å². The second-order valence-electron chi connectivity index (χ2n) is 7.15. The summed E-state index contributed by atoms with van der Waals surface area (Å²) in [5.41, 5.74) is 2.01.